The lowest BCUT2D eigenvalue weighted by molar-refractivity contribution is 0.0410. The van der Waals surface area contributed by atoms with Crippen LogP contribution in [0.5, 0.6) is 0 Å². The fourth-order valence-electron chi connectivity index (χ4n) is 2.32. The topological polar surface area (TPSA) is 69.2 Å². The Morgan fingerprint density at radius 1 is 1.22 bits per heavy atom. The molecule has 1 aliphatic heterocycles. The highest BCUT2D eigenvalue weighted by atomic mass is 35.5. The number of morpholine rings is 1. The fraction of sp³-hybridized carbons (Fsp3) is 0.429. The summed E-state index contributed by atoms with van der Waals surface area (Å²) in [5.41, 5.74) is 0.675. The van der Waals surface area contributed by atoms with Crippen LogP contribution >= 0.6 is 35.0 Å². The Balaban J connectivity index is 1.66. The summed E-state index contributed by atoms with van der Waals surface area (Å²) in [6, 6.07) is 5.18. The molecular formula is C14H17Cl2N5OS. The van der Waals surface area contributed by atoms with E-state index in [9.17, 15) is 0 Å². The molecule has 0 bridgehead atoms. The molecule has 1 saturated heterocycles. The quantitative estimate of drug-likeness (QED) is 0.640. The van der Waals surface area contributed by atoms with Gasteiger partial charge in [0.05, 0.1) is 18.2 Å². The zero-order valence-electron chi connectivity index (χ0n) is 12.4. The number of benzene rings is 1. The molecule has 0 unspecified atom stereocenters. The molecule has 2 aromatic rings. The summed E-state index contributed by atoms with van der Waals surface area (Å²) < 4.78 is 6.80. The zero-order valence-corrected chi connectivity index (χ0v) is 14.7. The number of ether oxygens (including phenoxy) is 1. The first-order chi connectivity index (χ1) is 11.1. The highest BCUT2D eigenvalue weighted by molar-refractivity contribution is 7.99. The van der Waals surface area contributed by atoms with Gasteiger partial charge in [0.1, 0.15) is 0 Å². The number of nitrogens with zero attached hydrogens (tertiary/aromatic N) is 4. The fourth-order valence-corrected chi connectivity index (χ4v) is 3.55. The molecule has 1 aromatic heterocycles. The van der Waals surface area contributed by atoms with Crippen molar-refractivity contribution in [3.05, 3.63) is 28.2 Å². The third kappa shape index (κ3) is 4.10. The molecule has 2 N–H and O–H groups in total. The van der Waals surface area contributed by atoms with E-state index in [2.05, 4.69) is 15.1 Å². The predicted molar refractivity (Wildman–Crippen MR) is 93.6 cm³/mol. The van der Waals surface area contributed by atoms with Gasteiger partial charge in [-0.1, -0.05) is 35.0 Å². The van der Waals surface area contributed by atoms with Crippen molar-refractivity contribution < 1.29 is 4.74 Å². The third-order valence-electron chi connectivity index (χ3n) is 3.58. The first-order valence-electron chi connectivity index (χ1n) is 7.24. The van der Waals surface area contributed by atoms with Gasteiger partial charge in [-0.15, -0.1) is 10.2 Å². The first kappa shape index (κ1) is 16.9. The van der Waals surface area contributed by atoms with E-state index in [0.29, 0.717) is 26.6 Å². The van der Waals surface area contributed by atoms with Gasteiger partial charge in [0, 0.05) is 36.0 Å². The normalized spacial score (nSPS) is 15.9. The van der Waals surface area contributed by atoms with Crippen LogP contribution < -0.4 is 5.84 Å². The summed E-state index contributed by atoms with van der Waals surface area (Å²) in [4.78, 5) is 2.36. The molecule has 6 nitrogen and oxygen atoms in total. The Hall–Kier alpha value is -0.990. The van der Waals surface area contributed by atoms with Gasteiger partial charge in [-0.3, -0.25) is 4.90 Å². The minimum atomic E-state index is 0.506. The number of hydrogen-bond donors (Lipinski definition) is 1. The van der Waals surface area contributed by atoms with Gasteiger partial charge in [0.2, 0.25) is 5.16 Å². The van der Waals surface area contributed by atoms with Gasteiger partial charge in [-0.25, -0.2) is 4.68 Å². The average Bonchev–Trinajstić information content (AvgIpc) is 2.92. The summed E-state index contributed by atoms with van der Waals surface area (Å²) in [6.07, 6.45) is 0. The van der Waals surface area contributed by atoms with Gasteiger partial charge in [-0.05, 0) is 18.2 Å². The Morgan fingerprint density at radius 3 is 2.78 bits per heavy atom. The minimum Gasteiger partial charge on any atom is -0.379 e. The summed E-state index contributed by atoms with van der Waals surface area (Å²) in [7, 11) is 0. The van der Waals surface area contributed by atoms with E-state index in [0.717, 1.165) is 38.6 Å². The lowest BCUT2D eigenvalue weighted by Crippen LogP contribution is -2.37. The molecule has 0 amide bonds. The number of nitrogens with two attached hydrogens (primary N) is 1. The lowest BCUT2D eigenvalue weighted by atomic mass is 10.2. The Labute approximate surface area is 148 Å². The van der Waals surface area contributed by atoms with E-state index in [1.54, 1.807) is 30.0 Å². The van der Waals surface area contributed by atoms with Crippen LogP contribution in [-0.2, 0) is 4.74 Å². The smallest absolute Gasteiger partial charge is 0.210 e. The second-order valence-corrected chi connectivity index (χ2v) is 7.01. The van der Waals surface area contributed by atoms with Crippen LogP contribution in [0.25, 0.3) is 11.4 Å². The van der Waals surface area contributed by atoms with Gasteiger partial charge in [0.15, 0.2) is 5.82 Å². The third-order valence-corrected chi connectivity index (χ3v) is 5.06. The van der Waals surface area contributed by atoms with Gasteiger partial charge in [0.25, 0.3) is 0 Å². The summed E-state index contributed by atoms with van der Waals surface area (Å²) >= 11 is 13.8. The number of nitrogen functional groups attached to an aromatic ring is 1. The van der Waals surface area contributed by atoms with E-state index < -0.39 is 0 Å². The summed E-state index contributed by atoms with van der Waals surface area (Å²) in [5.74, 6) is 7.50. The van der Waals surface area contributed by atoms with E-state index in [1.807, 2.05) is 0 Å². The molecule has 2 heterocycles. The Bertz CT molecular complexity index is 675. The zero-order chi connectivity index (χ0) is 16.2. The van der Waals surface area contributed by atoms with Gasteiger partial charge in [-0.2, -0.15) is 0 Å². The largest absolute Gasteiger partial charge is 0.379 e. The van der Waals surface area contributed by atoms with Gasteiger partial charge >= 0.3 is 0 Å². The summed E-state index contributed by atoms with van der Waals surface area (Å²) in [5, 5.41) is 10.1. The summed E-state index contributed by atoms with van der Waals surface area (Å²) in [6.45, 7) is 4.51. The number of aromatic nitrogens is 3. The van der Waals surface area contributed by atoms with E-state index >= 15 is 0 Å². The van der Waals surface area contributed by atoms with E-state index in [1.165, 1.54) is 4.68 Å². The molecule has 0 aliphatic carbocycles. The van der Waals surface area contributed by atoms with Crippen LogP contribution in [0.3, 0.4) is 0 Å². The molecule has 3 rings (SSSR count). The van der Waals surface area contributed by atoms with Crippen molar-refractivity contribution in [1.29, 1.82) is 0 Å². The average molecular weight is 374 g/mol. The molecule has 0 spiro atoms. The molecular weight excluding hydrogens is 357 g/mol. The maximum atomic E-state index is 6.20. The van der Waals surface area contributed by atoms with Crippen LogP contribution in [-0.4, -0.2) is 58.4 Å². The number of rotatable bonds is 5. The van der Waals surface area contributed by atoms with Crippen molar-refractivity contribution in [2.45, 2.75) is 5.16 Å². The van der Waals surface area contributed by atoms with Crippen molar-refractivity contribution in [2.75, 3.05) is 44.4 Å². The van der Waals surface area contributed by atoms with Crippen molar-refractivity contribution in [1.82, 2.24) is 19.8 Å². The SMILES string of the molecule is Nn1c(SCCN2CCOCC2)nnc1-c1cc(Cl)ccc1Cl. The van der Waals surface area contributed by atoms with Crippen LogP contribution in [0.4, 0.5) is 0 Å². The maximum absolute atomic E-state index is 6.20. The van der Waals surface area contributed by atoms with Crippen LogP contribution in [0.2, 0.25) is 10.0 Å². The Morgan fingerprint density at radius 2 is 2.00 bits per heavy atom. The lowest BCUT2D eigenvalue weighted by Gasteiger charge is -2.26. The molecule has 23 heavy (non-hydrogen) atoms. The molecule has 1 aromatic carbocycles. The monoisotopic (exact) mass is 373 g/mol. The molecule has 0 saturated carbocycles. The Kier molecular flexibility index (Phi) is 5.66. The highest BCUT2D eigenvalue weighted by Crippen LogP contribution is 2.30. The second-order valence-electron chi connectivity index (χ2n) is 5.10. The van der Waals surface area contributed by atoms with Gasteiger partial charge < -0.3 is 10.6 Å². The van der Waals surface area contributed by atoms with Crippen LogP contribution in [0.15, 0.2) is 23.4 Å². The van der Waals surface area contributed by atoms with E-state index in [4.69, 9.17) is 33.8 Å². The second kappa shape index (κ2) is 7.72. The van der Waals surface area contributed by atoms with Crippen molar-refractivity contribution in [3.8, 4) is 11.4 Å². The maximum Gasteiger partial charge on any atom is 0.210 e. The molecule has 9 heteroatoms. The minimum absolute atomic E-state index is 0.506. The van der Waals surface area contributed by atoms with Crippen LogP contribution in [0.1, 0.15) is 0 Å². The number of thioether (sulfide) groups is 1. The highest BCUT2D eigenvalue weighted by Gasteiger charge is 2.16. The van der Waals surface area contributed by atoms with E-state index in [-0.39, 0.29) is 0 Å². The number of hydrogen-bond acceptors (Lipinski definition) is 6. The predicted octanol–water partition coefficient (Wildman–Crippen LogP) is 2.39. The molecule has 0 atom stereocenters. The molecule has 124 valence electrons. The molecule has 1 fully saturated rings. The number of halogens is 2. The van der Waals surface area contributed by atoms with Crippen LogP contribution in [0, 0.1) is 0 Å². The van der Waals surface area contributed by atoms with Crippen molar-refractivity contribution in [2.24, 2.45) is 0 Å². The first-order valence-corrected chi connectivity index (χ1v) is 8.98. The van der Waals surface area contributed by atoms with Crippen molar-refractivity contribution >= 4 is 35.0 Å². The van der Waals surface area contributed by atoms with Crippen molar-refractivity contribution in [3.63, 3.8) is 0 Å². The standard InChI is InChI=1S/C14H17Cl2N5OS/c15-10-1-2-12(16)11(9-10)13-18-19-14(21(13)17)23-8-5-20-3-6-22-7-4-20/h1-2,9H,3-8,17H2. The molecule has 1 aliphatic rings. The molecule has 0 radical (unpaired) electrons.